The number of nitrogens with zero attached hydrogens (tertiary/aromatic N) is 1. The number of hydrogen-bond acceptors (Lipinski definition) is 4. The van der Waals surface area contributed by atoms with Crippen LogP contribution in [-0.2, 0) is 4.79 Å². The standard InChI is InChI=1S/C21H21FN2O2S/c1-14-5-3-6-18(13-14)26-12-4-7-19(25)23-21-24-20(15(2)27-21)16-8-10-17(22)11-9-16/h3,5-6,8-11,13H,4,7,12H2,1-2H3,(H,23,24,25). The second-order valence-corrected chi connectivity index (χ2v) is 7.45. The third kappa shape index (κ3) is 5.37. The van der Waals surface area contributed by atoms with E-state index >= 15 is 0 Å². The lowest BCUT2D eigenvalue weighted by molar-refractivity contribution is -0.116. The maximum Gasteiger partial charge on any atom is 0.226 e. The molecule has 3 rings (SSSR count). The van der Waals surface area contributed by atoms with Gasteiger partial charge in [-0.05, 0) is 62.2 Å². The molecule has 140 valence electrons. The van der Waals surface area contributed by atoms with Crippen molar-refractivity contribution in [1.29, 1.82) is 0 Å². The van der Waals surface area contributed by atoms with Crippen molar-refractivity contribution < 1.29 is 13.9 Å². The Hall–Kier alpha value is -2.73. The Kier molecular flexibility index (Phi) is 6.19. The van der Waals surface area contributed by atoms with E-state index in [1.165, 1.54) is 23.5 Å². The van der Waals surface area contributed by atoms with Crippen LogP contribution in [0, 0.1) is 19.7 Å². The maximum absolute atomic E-state index is 13.1. The summed E-state index contributed by atoms with van der Waals surface area (Å²) in [6, 6.07) is 14.0. The van der Waals surface area contributed by atoms with Crippen LogP contribution < -0.4 is 10.1 Å². The van der Waals surface area contributed by atoms with E-state index in [4.69, 9.17) is 4.74 Å². The second kappa shape index (κ2) is 8.77. The van der Waals surface area contributed by atoms with Gasteiger partial charge in [0.15, 0.2) is 5.13 Å². The van der Waals surface area contributed by atoms with Crippen molar-refractivity contribution in [3.8, 4) is 17.0 Å². The second-order valence-electron chi connectivity index (χ2n) is 6.25. The van der Waals surface area contributed by atoms with E-state index in [0.717, 1.165) is 27.4 Å². The highest BCUT2D eigenvalue weighted by Gasteiger charge is 2.12. The number of hydrogen-bond donors (Lipinski definition) is 1. The summed E-state index contributed by atoms with van der Waals surface area (Å²) in [4.78, 5) is 17.6. The third-order valence-electron chi connectivity index (χ3n) is 3.97. The average molecular weight is 384 g/mol. The highest BCUT2D eigenvalue weighted by molar-refractivity contribution is 7.16. The molecule has 0 saturated carbocycles. The molecule has 0 fully saturated rings. The number of halogens is 1. The molecule has 0 aliphatic heterocycles. The van der Waals surface area contributed by atoms with Crippen LogP contribution >= 0.6 is 11.3 Å². The zero-order valence-corrected chi connectivity index (χ0v) is 16.1. The van der Waals surface area contributed by atoms with Gasteiger partial charge in [0.25, 0.3) is 0 Å². The fourth-order valence-electron chi connectivity index (χ4n) is 2.64. The van der Waals surface area contributed by atoms with Gasteiger partial charge in [-0.15, -0.1) is 11.3 Å². The Morgan fingerprint density at radius 1 is 1.19 bits per heavy atom. The number of thiazole rings is 1. The molecule has 0 atom stereocenters. The molecule has 0 radical (unpaired) electrons. The Bertz CT molecular complexity index is 922. The Morgan fingerprint density at radius 3 is 2.70 bits per heavy atom. The minimum absolute atomic E-state index is 0.0951. The molecule has 1 aromatic heterocycles. The SMILES string of the molecule is Cc1cccc(OCCCC(=O)Nc2nc(-c3ccc(F)cc3)c(C)s2)c1. The average Bonchev–Trinajstić information content (AvgIpc) is 2.99. The molecule has 4 nitrogen and oxygen atoms in total. The van der Waals surface area contributed by atoms with E-state index in [-0.39, 0.29) is 11.7 Å². The van der Waals surface area contributed by atoms with Gasteiger partial charge in [-0.2, -0.15) is 0 Å². The Morgan fingerprint density at radius 2 is 1.96 bits per heavy atom. The number of rotatable bonds is 7. The monoisotopic (exact) mass is 384 g/mol. The minimum atomic E-state index is -0.284. The summed E-state index contributed by atoms with van der Waals surface area (Å²) < 4.78 is 18.7. The number of amides is 1. The van der Waals surface area contributed by atoms with Gasteiger partial charge < -0.3 is 10.1 Å². The zero-order chi connectivity index (χ0) is 19.2. The summed E-state index contributed by atoms with van der Waals surface area (Å²) in [5, 5.41) is 3.38. The minimum Gasteiger partial charge on any atom is -0.494 e. The summed E-state index contributed by atoms with van der Waals surface area (Å²) in [6.45, 7) is 4.42. The van der Waals surface area contributed by atoms with Crippen molar-refractivity contribution in [3.63, 3.8) is 0 Å². The van der Waals surface area contributed by atoms with E-state index in [2.05, 4.69) is 10.3 Å². The molecule has 0 bridgehead atoms. The lowest BCUT2D eigenvalue weighted by atomic mass is 10.1. The number of benzene rings is 2. The van der Waals surface area contributed by atoms with Crippen LogP contribution in [0.2, 0.25) is 0 Å². The van der Waals surface area contributed by atoms with Gasteiger partial charge in [0.05, 0.1) is 12.3 Å². The quantitative estimate of drug-likeness (QED) is 0.558. The molecule has 0 saturated heterocycles. The predicted molar refractivity (Wildman–Crippen MR) is 107 cm³/mol. The molecule has 0 aliphatic carbocycles. The largest absolute Gasteiger partial charge is 0.494 e. The van der Waals surface area contributed by atoms with Gasteiger partial charge in [-0.3, -0.25) is 4.79 Å². The molecule has 1 amide bonds. The molecule has 0 spiro atoms. The maximum atomic E-state index is 13.1. The first kappa shape index (κ1) is 19.0. The van der Waals surface area contributed by atoms with Crippen molar-refractivity contribution >= 4 is 22.4 Å². The van der Waals surface area contributed by atoms with Crippen molar-refractivity contribution in [2.24, 2.45) is 0 Å². The molecule has 1 N–H and O–H groups in total. The predicted octanol–water partition coefficient (Wildman–Crippen LogP) is 5.36. The number of carbonyl (C=O) groups is 1. The van der Waals surface area contributed by atoms with Crippen molar-refractivity contribution in [1.82, 2.24) is 4.98 Å². The fourth-order valence-corrected chi connectivity index (χ4v) is 3.49. The molecule has 2 aromatic carbocycles. The van der Waals surface area contributed by atoms with Gasteiger partial charge in [0.1, 0.15) is 11.6 Å². The molecular formula is C21H21FN2O2S. The van der Waals surface area contributed by atoms with Crippen LogP contribution in [-0.4, -0.2) is 17.5 Å². The van der Waals surface area contributed by atoms with E-state index in [0.29, 0.717) is 24.6 Å². The van der Waals surface area contributed by atoms with Crippen molar-refractivity contribution in [2.75, 3.05) is 11.9 Å². The molecular weight excluding hydrogens is 363 g/mol. The third-order valence-corrected chi connectivity index (χ3v) is 4.85. The van der Waals surface area contributed by atoms with Gasteiger partial charge in [0, 0.05) is 16.9 Å². The van der Waals surface area contributed by atoms with Gasteiger partial charge in [-0.25, -0.2) is 9.37 Å². The molecule has 27 heavy (non-hydrogen) atoms. The zero-order valence-electron chi connectivity index (χ0n) is 15.3. The molecule has 3 aromatic rings. The van der Waals surface area contributed by atoms with Crippen LogP contribution in [0.15, 0.2) is 48.5 Å². The highest BCUT2D eigenvalue weighted by Crippen LogP contribution is 2.30. The summed E-state index contributed by atoms with van der Waals surface area (Å²) in [5.41, 5.74) is 2.73. The van der Waals surface area contributed by atoms with E-state index in [1.807, 2.05) is 38.1 Å². The summed E-state index contributed by atoms with van der Waals surface area (Å²) in [7, 11) is 0. The van der Waals surface area contributed by atoms with E-state index in [1.54, 1.807) is 12.1 Å². The van der Waals surface area contributed by atoms with E-state index < -0.39 is 0 Å². The first-order valence-corrected chi connectivity index (χ1v) is 9.55. The van der Waals surface area contributed by atoms with Crippen LogP contribution in [0.4, 0.5) is 9.52 Å². The van der Waals surface area contributed by atoms with Crippen LogP contribution in [0.5, 0.6) is 5.75 Å². The summed E-state index contributed by atoms with van der Waals surface area (Å²) in [5.74, 6) is 0.435. The number of carbonyl (C=O) groups excluding carboxylic acids is 1. The number of aryl methyl sites for hydroxylation is 2. The van der Waals surface area contributed by atoms with Gasteiger partial charge in [0.2, 0.25) is 5.91 Å². The Balaban J connectivity index is 1.49. The first-order valence-electron chi connectivity index (χ1n) is 8.74. The highest BCUT2D eigenvalue weighted by atomic mass is 32.1. The van der Waals surface area contributed by atoms with Crippen LogP contribution in [0.25, 0.3) is 11.3 Å². The lowest BCUT2D eigenvalue weighted by Crippen LogP contribution is -2.12. The Labute approximate surface area is 162 Å². The van der Waals surface area contributed by atoms with Crippen LogP contribution in [0.3, 0.4) is 0 Å². The number of anilines is 1. The number of aromatic nitrogens is 1. The van der Waals surface area contributed by atoms with E-state index in [9.17, 15) is 9.18 Å². The molecule has 0 aliphatic rings. The number of ether oxygens (including phenoxy) is 1. The fraction of sp³-hybridized carbons (Fsp3) is 0.238. The first-order chi connectivity index (χ1) is 13.0. The molecule has 0 unspecified atom stereocenters. The van der Waals surface area contributed by atoms with Crippen LogP contribution in [0.1, 0.15) is 23.3 Å². The smallest absolute Gasteiger partial charge is 0.226 e. The summed E-state index contributed by atoms with van der Waals surface area (Å²) in [6.07, 6.45) is 0.977. The molecule has 6 heteroatoms. The topological polar surface area (TPSA) is 51.2 Å². The normalized spacial score (nSPS) is 10.6. The summed E-state index contributed by atoms with van der Waals surface area (Å²) >= 11 is 1.41. The van der Waals surface area contributed by atoms with Gasteiger partial charge >= 0.3 is 0 Å². The molecule has 1 heterocycles. The lowest BCUT2D eigenvalue weighted by Gasteiger charge is -2.06. The van der Waals surface area contributed by atoms with Gasteiger partial charge in [-0.1, -0.05) is 12.1 Å². The van der Waals surface area contributed by atoms with Crippen molar-refractivity contribution in [2.45, 2.75) is 26.7 Å². The van der Waals surface area contributed by atoms with Crippen molar-refractivity contribution in [3.05, 3.63) is 64.8 Å². The number of nitrogens with one attached hydrogen (secondary N) is 1.